The summed E-state index contributed by atoms with van der Waals surface area (Å²) in [6, 6.07) is 23.8. The predicted molar refractivity (Wildman–Crippen MR) is 100 cm³/mol. The molecule has 4 rings (SSSR count). The van der Waals surface area contributed by atoms with Gasteiger partial charge in [-0.1, -0.05) is 41.9 Å². The van der Waals surface area contributed by atoms with E-state index in [0.29, 0.717) is 6.54 Å². The first-order valence-corrected chi connectivity index (χ1v) is 8.15. The molecule has 0 saturated carbocycles. The molecule has 1 heterocycles. The SMILES string of the molecule is Nc1ccc(-c2nc3ccccc3n2Cc2ccccc2Cl)cc1. The van der Waals surface area contributed by atoms with Crippen LogP contribution in [0.25, 0.3) is 22.4 Å². The lowest BCUT2D eigenvalue weighted by Crippen LogP contribution is -2.03. The summed E-state index contributed by atoms with van der Waals surface area (Å²) in [4.78, 5) is 4.82. The van der Waals surface area contributed by atoms with Gasteiger partial charge in [-0.25, -0.2) is 4.98 Å². The van der Waals surface area contributed by atoms with E-state index in [1.165, 1.54) is 0 Å². The normalized spacial score (nSPS) is 11.0. The number of nitrogens with two attached hydrogens (primary N) is 1. The van der Waals surface area contributed by atoms with Gasteiger partial charge in [0, 0.05) is 16.3 Å². The van der Waals surface area contributed by atoms with Gasteiger partial charge < -0.3 is 10.3 Å². The Hall–Kier alpha value is -2.78. The van der Waals surface area contributed by atoms with Gasteiger partial charge in [-0.3, -0.25) is 0 Å². The Morgan fingerprint density at radius 3 is 2.38 bits per heavy atom. The first-order valence-electron chi connectivity index (χ1n) is 7.77. The van der Waals surface area contributed by atoms with Crippen LogP contribution in [0.2, 0.25) is 5.02 Å². The smallest absolute Gasteiger partial charge is 0.141 e. The summed E-state index contributed by atoms with van der Waals surface area (Å²) < 4.78 is 2.20. The van der Waals surface area contributed by atoms with Crippen LogP contribution in [-0.4, -0.2) is 9.55 Å². The van der Waals surface area contributed by atoms with E-state index in [0.717, 1.165) is 38.7 Å². The Kier molecular flexibility index (Phi) is 3.71. The van der Waals surface area contributed by atoms with Gasteiger partial charge in [0.25, 0.3) is 0 Å². The van der Waals surface area contributed by atoms with Crippen molar-refractivity contribution in [1.82, 2.24) is 9.55 Å². The summed E-state index contributed by atoms with van der Waals surface area (Å²) in [5, 5.41) is 0.763. The van der Waals surface area contributed by atoms with Gasteiger partial charge in [0.2, 0.25) is 0 Å². The molecule has 4 aromatic rings. The summed E-state index contributed by atoms with van der Waals surface area (Å²) in [6.45, 7) is 0.667. The lowest BCUT2D eigenvalue weighted by molar-refractivity contribution is 0.834. The van der Waals surface area contributed by atoms with Crippen molar-refractivity contribution in [3.8, 4) is 11.4 Å². The molecule has 0 unspecified atom stereocenters. The maximum absolute atomic E-state index is 6.36. The Balaban J connectivity index is 1.90. The van der Waals surface area contributed by atoms with E-state index in [1.807, 2.05) is 66.7 Å². The van der Waals surface area contributed by atoms with Crippen LogP contribution in [0.1, 0.15) is 5.56 Å². The molecule has 0 amide bonds. The summed E-state index contributed by atoms with van der Waals surface area (Å²) in [6.07, 6.45) is 0. The molecule has 0 bridgehead atoms. The van der Waals surface area contributed by atoms with Crippen molar-refractivity contribution in [2.24, 2.45) is 0 Å². The lowest BCUT2D eigenvalue weighted by Gasteiger charge is -2.11. The largest absolute Gasteiger partial charge is 0.399 e. The first kappa shape index (κ1) is 14.8. The Labute approximate surface area is 145 Å². The first-order chi connectivity index (χ1) is 11.7. The molecule has 0 aliphatic heterocycles. The third-order valence-electron chi connectivity index (χ3n) is 4.11. The van der Waals surface area contributed by atoms with Crippen molar-refractivity contribution < 1.29 is 0 Å². The summed E-state index contributed by atoms with van der Waals surface area (Å²) in [5.74, 6) is 0.913. The topological polar surface area (TPSA) is 43.8 Å². The predicted octanol–water partition coefficient (Wildman–Crippen LogP) is 4.99. The Bertz CT molecular complexity index is 1000. The highest BCUT2D eigenvalue weighted by molar-refractivity contribution is 6.31. The molecule has 3 nitrogen and oxygen atoms in total. The number of benzene rings is 3. The number of aromatic nitrogens is 2. The number of anilines is 1. The molecule has 3 aromatic carbocycles. The van der Waals surface area contributed by atoms with E-state index in [9.17, 15) is 0 Å². The van der Waals surface area contributed by atoms with E-state index < -0.39 is 0 Å². The number of hydrogen-bond donors (Lipinski definition) is 1. The van der Waals surface area contributed by atoms with Crippen molar-refractivity contribution in [2.75, 3.05) is 5.73 Å². The minimum atomic E-state index is 0.667. The van der Waals surface area contributed by atoms with Crippen LogP contribution in [0.3, 0.4) is 0 Å². The van der Waals surface area contributed by atoms with Gasteiger partial charge in [-0.05, 0) is 48.0 Å². The molecule has 0 radical (unpaired) electrons. The van der Waals surface area contributed by atoms with Crippen LogP contribution in [0.15, 0.2) is 72.8 Å². The zero-order valence-corrected chi connectivity index (χ0v) is 13.7. The van der Waals surface area contributed by atoms with Gasteiger partial charge in [0.1, 0.15) is 5.82 Å². The monoisotopic (exact) mass is 333 g/mol. The Morgan fingerprint density at radius 1 is 0.875 bits per heavy atom. The number of hydrogen-bond acceptors (Lipinski definition) is 2. The quantitative estimate of drug-likeness (QED) is 0.537. The van der Waals surface area contributed by atoms with Crippen LogP contribution in [-0.2, 0) is 6.54 Å². The van der Waals surface area contributed by atoms with Crippen molar-refractivity contribution >= 4 is 28.3 Å². The average molecular weight is 334 g/mol. The highest BCUT2D eigenvalue weighted by atomic mass is 35.5. The van der Waals surface area contributed by atoms with Gasteiger partial charge >= 0.3 is 0 Å². The molecule has 0 spiro atoms. The number of halogens is 1. The molecular weight excluding hydrogens is 318 g/mol. The molecule has 0 aliphatic carbocycles. The van der Waals surface area contributed by atoms with Gasteiger partial charge in [0.15, 0.2) is 0 Å². The van der Waals surface area contributed by atoms with Crippen LogP contribution in [0.5, 0.6) is 0 Å². The number of imidazole rings is 1. The van der Waals surface area contributed by atoms with Gasteiger partial charge in [-0.15, -0.1) is 0 Å². The van der Waals surface area contributed by atoms with E-state index in [4.69, 9.17) is 22.3 Å². The minimum absolute atomic E-state index is 0.667. The van der Waals surface area contributed by atoms with Crippen molar-refractivity contribution in [3.05, 3.63) is 83.4 Å². The molecule has 1 aromatic heterocycles. The van der Waals surface area contributed by atoms with Crippen LogP contribution >= 0.6 is 11.6 Å². The Morgan fingerprint density at radius 2 is 1.58 bits per heavy atom. The maximum Gasteiger partial charge on any atom is 0.141 e. The molecule has 4 heteroatoms. The average Bonchev–Trinajstić information content (AvgIpc) is 2.96. The fourth-order valence-electron chi connectivity index (χ4n) is 2.89. The van der Waals surface area contributed by atoms with Crippen molar-refractivity contribution in [1.29, 1.82) is 0 Å². The van der Waals surface area contributed by atoms with E-state index >= 15 is 0 Å². The number of para-hydroxylation sites is 2. The lowest BCUT2D eigenvalue weighted by atomic mass is 10.1. The third kappa shape index (κ3) is 2.63. The molecule has 24 heavy (non-hydrogen) atoms. The summed E-state index contributed by atoms with van der Waals surface area (Å²) >= 11 is 6.36. The van der Waals surface area contributed by atoms with E-state index in [-0.39, 0.29) is 0 Å². The minimum Gasteiger partial charge on any atom is -0.399 e. The van der Waals surface area contributed by atoms with E-state index in [1.54, 1.807) is 0 Å². The van der Waals surface area contributed by atoms with Crippen molar-refractivity contribution in [3.63, 3.8) is 0 Å². The molecule has 0 atom stereocenters. The molecule has 0 saturated heterocycles. The van der Waals surface area contributed by atoms with Crippen molar-refractivity contribution in [2.45, 2.75) is 6.54 Å². The zero-order chi connectivity index (χ0) is 16.5. The third-order valence-corrected chi connectivity index (χ3v) is 4.48. The summed E-state index contributed by atoms with van der Waals surface area (Å²) in [7, 11) is 0. The molecule has 2 N–H and O–H groups in total. The number of nitrogen functional groups attached to an aromatic ring is 1. The second-order valence-corrected chi connectivity index (χ2v) is 6.13. The van der Waals surface area contributed by atoms with Gasteiger partial charge in [0.05, 0.1) is 17.6 Å². The zero-order valence-electron chi connectivity index (χ0n) is 13.0. The standard InChI is InChI=1S/C20H16ClN3/c21-17-6-2-1-5-15(17)13-24-19-8-4-3-7-18(19)23-20(24)14-9-11-16(22)12-10-14/h1-12H,13,22H2. The number of nitrogens with zero attached hydrogens (tertiary/aromatic N) is 2. The highest BCUT2D eigenvalue weighted by Crippen LogP contribution is 2.28. The fraction of sp³-hybridized carbons (Fsp3) is 0.0500. The van der Waals surface area contributed by atoms with Crippen LogP contribution < -0.4 is 5.73 Å². The van der Waals surface area contributed by atoms with Crippen LogP contribution in [0, 0.1) is 0 Å². The summed E-state index contributed by atoms with van der Waals surface area (Å²) in [5.41, 5.74) is 10.7. The second kappa shape index (κ2) is 6.02. The molecule has 118 valence electrons. The fourth-order valence-corrected chi connectivity index (χ4v) is 3.08. The second-order valence-electron chi connectivity index (χ2n) is 5.72. The van der Waals surface area contributed by atoms with E-state index in [2.05, 4.69) is 10.6 Å². The van der Waals surface area contributed by atoms with Crippen LogP contribution in [0.4, 0.5) is 5.69 Å². The molecule has 0 fully saturated rings. The number of rotatable bonds is 3. The molecule has 0 aliphatic rings. The van der Waals surface area contributed by atoms with Gasteiger partial charge in [-0.2, -0.15) is 0 Å². The highest BCUT2D eigenvalue weighted by Gasteiger charge is 2.13. The number of fused-ring (bicyclic) bond motifs is 1. The maximum atomic E-state index is 6.36. The molecular formula is C20H16ClN3.